The van der Waals surface area contributed by atoms with Crippen molar-refractivity contribution in [2.75, 3.05) is 0 Å². The number of hydrogen-bond donors (Lipinski definition) is 0. The Hall–Kier alpha value is -1.15. The summed E-state index contributed by atoms with van der Waals surface area (Å²) in [4.78, 5) is 11.3. The fraction of sp³-hybridized carbons (Fsp3) is 0.357. The van der Waals surface area contributed by atoms with Gasteiger partial charge in [0, 0.05) is 6.42 Å². The highest BCUT2D eigenvalue weighted by Crippen LogP contribution is 2.25. The molecular formula is C14H18OSi. The van der Waals surface area contributed by atoms with Crippen LogP contribution in [0, 0.1) is 0 Å². The molecule has 1 saturated carbocycles. The smallest absolute Gasteiger partial charge is 0.158 e. The molecule has 1 nitrogen and oxygen atoms in total. The summed E-state index contributed by atoms with van der Waals surface area (Å²) < 4.78 is 0. The molecule has 0 N–H and O–H groups in total. The Morgan fingerprint density at radius 3 is 2.38 bits per heavy atom. The summed E-state index contributed by atoms with van der Waals surface area (Å²) >= 11 is 0. The van der Waals surface area contributed by atoms with Gasteiger partial charge in [-0.3, -0.25) is 4.79 Å². The summed E-state index contributed by atoms with van der Waals surface area (Å²) in [5, 5.41) is 0. The minimum Gasteiger partial charge on any atom is -0.295 e. The zero-order chi connectivity index (χ0) is 11.6. The highest BCUT2D eigenvalue weighted by Gasteiger charge is 2.26. The van der Waals surface area contributed by atoms with Gasteiger partial charge in [0.15, 0.2) is 5.78 Å². The van der Waals surface area contributed by atoms with E-state index in [0.29, 0.717) is 5.78 Å². The average molecular weight is 230 g/mol. The molecule has 0 aliphatic heterocycles. The minimum atomic E-state index is -1.40. The van der Waals surface area contributed by atoms with Gasteiger partial charge in [-0.15, -0.1) is 0 Å². The second-order valence-corrected chi connectivity index (χ2v) is 9.86. The Kier molecular flexibility index (Phi) is 3.10. The van der Waals surface area contributed by atoms with Crippen LogP contribution < -0.4 is 0 Å². The van der Waals surface area contributed by atoms with Crippen LogP contribution in [0.5, 0.6) is 0 Å². The molecular weight excluding hydrogens is 212 g/mol. The predicted octanol–water partition coefficient (Wildman–Crippen LogP) is 3.31. The minimum absolute atomic E-state index is 0.369. The van der Waals surface area contributed by atoms with E-state index in [1.807, 2.05) is 6.07 Å². The van der Waals surface area contributed by atoms with E-state index in [9.17, 15) is 4.79 Å². The molecule has 84 valence electrons. The maximum atomic E-state index is 11.3. The Morgan fingerprint density at radius 2 is 1.88 bits per heavy atom. The van der Waals surface area contributed by atoms with Crippen molar-refractivity contribution in [3.05, 3.63) is 47.2 Å². The maximum Gasteiger partial charge on any atom is 0.158 e. The Bertz CT molecular complexity index is 418. The van der Waals surface area contributed by atoms with Crippen molar-refractivity contribution in [2.45, 2.75) is 32.0 Å². The first kappa shape index (κ1) is 11.3. The summed E-state index contributed by atoms with van der Waals surface area (Å²) in [6.07, 6.45) is 1.77. The summed E-state index contributed by atoms with van der Waals surface area (Å²) in [6.45, 7) is 4.66. The summed E-state index contributed by atoms with van der Waals surface area (Å²) in [5.74, 6) is 0.369. The van der Waals surface area contributed by atoms with Crippen molar-refractivity contribution in [3.8, 4) is 0 Å². The zero-order valence-electron chi connectivity index (χ0n) is 9.99. The Morgan fingerprint density at radius 1 is 1.19 bits per heavy atom. The molecule has 16 heavy (non-hydrogen) atoms. The van der Waals surface area contributed by atoms with Crippen LogP contribution in [0.4, 0.5) is 0 Å². The molecule has 0 heterocycles. The quantitative estimate of drug-likeness (QED) is 0.575. The van der Waals surface area contributed by atoms with Crippen molar-refractivity contribution < 1.29 is 4.79 Å². The van der Waals surface area contributed by atoms with Crippen molar-refractivity contribution in [2.24, 2.45) is 0 Å². The van der Waals surface area contributed by atoms with Crippen LogP contribution in [0.2, 0.25) is 13.1 Å². The van der Waals surface area contributed by atoms with Gasteiger partial charge in [-0.25, -0.2) is 0 Å². The number of carbonyl (C=O) groups excluding carboxylic acids is 1. The predicted molar refractivity (Wildman–Crippen MR) is 70.0 cm³/mol. The number of carbonyl (C=O) groups is 1. The number of benzene rings is 1. The van der Waals surface area contributed by atoms with E-state index in [2.05, 4.69) is 43.1 Å². The molecule has 0 atom stereocenters. The molecule has 1 fully saturated rings. The fourth-order valence-electron chi connectivity index (χ4n) is 2.17. The normalized spacial score (nSPS) is 18.6. The molecule has 0 radical (unpaired) electrons. The van der Waals surface area contributed by atoms with E-state index in [-0.39, 0.29) is 0 Å². The molecule has 0 saturated heterocycles. The number of hydrogen-bond acceptors (Lipinski definition) is 1. The topological polar surface area (TPSA) is 17.1 Å². The molecule has 2 heteroatoms. The number of rotatable bonds is 3. The summed E-state index contributed by atoms with van der Waals surface area (Å²) in [5.41, 5.74) is 4.78. The molecule has 1 aliphatic carbocycles. The molecule has 1 aromatic carbocycles. The third-order valence-corrected chi connectivity index (χ3v) is 5.50. The van der Waals surface area contributed by atoms with Crippen LogP contribution >= 0.6 is 0 Å². The van der Waals surface area contributed by atoms with Gasteiger partial charge >= 0.3 is 0 Å². The van der Waals surface area contributed by atoms with Gasteiger partial charge in [0.1, 0.15) is 0 Å². The zero-order valence-corrected chi connectivity index (χ0v) is 11.0. The van der Waals surface area contributed by atoms with Crippen LogP contribution in [0.15, 0.2) is 41.6 Å². The van der Waals surface area contributed by atoms with Gasteiger partial charge in [0.05, 0.1) is 8.07 Å². The molecule has 2 rings (SSSR count). The summed E-state index contributed by atoms with van der Waals surface area (Å²) in [6, 6.07) is 11.7. The van der Waals surface area contributed by atoms with Crippen LogP contribution in [-0.4, -0.2) is 13.9 Å². The first-order valence-corrected chi connectivity index (χ1v) is 9.14. The van der Waals surface area contributed by atoms with Crippen LogP contribution in [-0.2, 0) is 10.8 Å². The highest BCUT2D eigenvalue weighted by atomic mass is 28.3. The molecule has 0 bridgehead atoms. The lowest BCUT2D eigenvalue weighted by Gasteiger charge is -2.23. The average Bonchev–Trinajstić information content (AvgIpc) is 2.25. The van der Waals surface area contributed by atoms with Gasteiger partial charge in [0.25, 0.3) is 0 Å². The van der Waals surface area contributed by atoms with Crippen molar-refractivity contribution in [1.82, 2.24) is 0 Å². The third kappa shape index (κ3) is 2.70. The molecule has 0 amide bonds. The van der Waals surface area contributed by atoms with E-state index >= 15 is 0 Å². The van der Waals surface area contributed by atoms with E-state index in [4.69, 9.17) is 0 Å². The number of Topliss-reactive ketones (excluding diaryl/α,β-unsaturated/α-hetero) is 1. The molecule has 0 aromatic heterocycles. The van der Waals surface area contributed by atoms with Gasteiger partial charge < -0.3 is 0 Å². The molecule has 0 unspecified atom stereocenters. The van der Waals surface area contributed by atoms with Gasteiger partial charge in [-0.1, -0.05) is 54.7 Å². The maximum absolute atomic E-state index is 11.3. The number of ketones is 1. The van der Waals surface area contributed by atoms with E-state index < -0.39 is 8.07 Å². The van der Waals surface area contributed by atoms with Crippen molar-refractivity contribution >= 4 is 13.9 Å². The Labute approximate surface area is 98.2 Å². The van der Waals surface area contributed by atoms with Crippen LogP contribution in [0.3, 0.4) is 0 Å². The first-order valence-electron chi connectivity index (χ1n) is 5.86. The van der Waals surface area contributed by atoms with Crippen molar-refractivity contribution in [3.63, 3.8) is 0 Å². The van der Waals surface area contributed by atoms with Gasteiger partial charge in [0.2, 0.25) is 0 Å². The molecule has 0 spiro atoms. The lowest BCUT2D eigenvalue weighted by Crippen LogP contribution is -2.30. The van der Waals surface area contributed by atoms with E-state index in [1.54, 1.807) is 0 Å². The van der Waals surface area contributed by atoms with E-state index in [1.165, 1.54) is 5.56 Å². The van der Waals surface area contributed by atoms with Crippen molar-refractivity contribution in [1.29, 1.82) is 0 Å². The largest absolute Gasteiger partial charge is 0.295 e. The monoisotopic (exact) mass is 230 g/mol. The first-order chi connectivity index (χ1) is 7.57. The van der Waals surface area contributed by atoms with Crippen LogP contribution in [0.25, 0.3) is 0 Å². The van der Waals surface area contributed by atoms with Crippen LogP contribution in [0.1, 0.15) is 18.4 Å². The lowest BCUT2D eigenvalue weighted by atomic mass is 9.93. The fourth-order valence-corrected chi connectivity index (χ4v) is 4.81. The second-order valence-electron chi connectivity index (χ2n) is 5.24. The standard InChI is InChI=1S/C14H18OSi/c1-16(2,11-13-8-9-14(13)15)10-12-6-4-3-5-7-12/h3-7,11H,8-10H2,1-2H3/b13-11-. The highest BCUT2D eigenvalue weighted by molar-refractivity contribution is 6.82. The second kappa shape index (κ2) is 4.38. The lowest BCUT2D eigenvalue weighted by molar-refractivity contribution is -0.118. The summed E-state index contributed by atoms with van der Waals surface area (Å²) in [7, 11) is -1.40. The number of allylic oxidation sites excluding steroid dienone is 1. The van der Waals surface area contributed by atoms with E-state index in [0.717, 1.165) is 24.5 Å². The SMILES string of the molecule is C[Si](C)(/C=C1/CCC1=O)Cc1ccccc1. The third-order valence-electron chi connectivity index (χ3n) is 3.05. The molecule has 1 aliphatic rings. The van der Waals surface area contributed by atoms with Gasteiger partial charge in [-0.05, 0) is 18.0 Å². The molecule has 1 aromatic rings. The Balaban J connectivity index is 2.08. The van der Waals surface area contributed by atoms with Gasteiger partial charge in [-0.2, -0.15) is 0 Å².